The van der Waals surface area contributed by atoms with Crippen molar-refractivity contribution in [1.29, 1.82) is 0 Å². The van der Waals surface area contributed by atoms with Gasteiger partial charge in [-0.2, -0.15) is 15.1 Å². The summed E-state index contributed by atoms with van der Waals surface area (Å²) in [5, 5.41) is 13.4. The Morgan fingerprint density at radius 2 is 1.86 bits per heavy atom. The third kappa shape index (κ3) is 4.56. The summed E-state index contributed by atoms with van der Waals surface area (Å²) in [6, 6.07) is 11.4. The number of benzene rings is 1. The standard InChI is InChI=1S/C24H23N9O3/c1-14(2)21-30-19(36-31-21)12-25-22(34)16-11-26-32(3)20(16)23(35)28-18-9-10-33-13-17(27-24(33)29-18)15-7-5-4-6-8-15/h4-11,13-14H,12H2,1-3H3,(H,25,34)(H,27,28,29,35). The van der Waals surface area contributed by atoms with Gasteiger partial charge in [0.15, 0.2) is 5.82 Å². The fourth-order valence-electron chi connectivity index (χ4n) is 3.56. The quantitative estimate of drug-likeness (QED) is 0.358. The number of amides is 2. The maximum atomic E-state index is 13.1. The zero-order valence-electron chi connectivity index (χ0n) is 19.8. The van der Waals surface area contributed by atoms with E-state index < -0.39 is 11.8 Å². The summed E-state index contributed by atoms with van der Waals surface area (Å²) in [6.45, 7) is 3.90. The normalized spacial score (nSPS) is 11.2. The van der Waals surface area contributed by atoms with Crippen LogP contribution in [0, 0.1) is 0 Å². The first-order valence-electron chi connectivity index (χ1n) is 11.2. The largest absolute Gasteiger partial charge is 0.343 e. The molecule has 4 heterocycles. The Bertz CT molecular complexity index is 1550. The predicted molar refractivity (Wildman–Crippen MR) is 129 cm³/mol. The average molecular weight is 486 g/mol. The molecular weight excluding hydrogens is 462 g/mol. The van der Waals surface area contributed by atoms with Gasteiger partial charge in [0.25, 0.3) is 11.8 Å². The number of nitrogens with zero attached hydrogens (tertiary/aromatic N) is 7. The van der Waals surface area contributed by atoms with Crippen molar-refractivity contribution in [3.63, 3.8) is 0 Å². The molecule has 2 N–H and O–H groups in total. The lowest BCUT2D eigenvalue weighted by Gasteiger charge is -2.07. The van der Waals surface area contributed by atoms with Gasteiger partial charge in [0.2, 0.25) is 11.7 Å². The molecule has 2 amide bonds. The van der Waals surface area contributed by atoms with E-state index in [1.165, 1.54) is 10.9 Å². The van der Waals surface area contributed by atoms with E-state index in [1.807, 2.05) is 50.4 Å². The van der Waals surface area contributed by atoms with Crippen LogP contribution < -0.4 is 10.6 Å². The molecule has 0 atom stereocenters. The smallest absolute Gasteiger partial charge is 0.275 e. The van der Waals surface area contributed by atoms with Gasteiger partial charge in [0.1, 0.15) is 11.5 Å². The van der Waals surface area contributed by atoms with Crippen LogP contribution in [0.1, 0.15) is 52.3 Å². The van der Waals surface area contributed by atoms with E-state index in [4.69, 9.17) is 4.52 Å². The Morgan fingerprint density at radius 3 is 2.61 bits per heavy atom. The lowest BCUT2D eigenvalue weighted by Crippen LogP contribution is -2.27. The van der Waals surface area contributed by atoms with Crippen LogP contribution in [0.4, 0.5) is 5.82 Å². The SMILES string of the molecule is CC(C)c1noc(CNC(=O)c2cnn(C)c2C(=O)Nc2ccn3cc(-c4ccccc4)nc3n2)n1. The maximum Gasteiger partial charge on any atom is 0.275 e. The van der Waals surface area contributed by atoms with Crippen molar-refractivity contribution in [3.8, 4) is 11.3 Å². The monoisotopic (exact) mass is 485 g/mol. The fourth-order valence-corrected chi connectivity index (χ4v) is 3.56. The highest BCUT2D eigenvalue weighted by atomic mass is 16.5. The second-order valence-corrected chi connectivity index (χ2v) is 8.38. The zero-order valence-corrected chi connectivity index (χ0v) is 19.8. The van der Waals surface area contributed by atoms with Crippen molar-refractivity contribution in [2.75, 3.05) is 5.32 Å². The molecule has 4 aromatic heterocycles. The number of carbonyl (C=O) groups is 2. The van der Waals surface area contributed by atoms with Gasteiger partial charge < -0.3 is 15.2 Å². The zero-order chi connectivity index (χ0) is 25.2. The van der Waals surface area contributed by atoms with Crippen LogP contribution in [0.15, 0.2) is 59.5 Å². The minimum Gasteiger partial charge on any atom is -0.343 e. The Hall–Kier alpha value is -4.87. The highest BCUT2D eigenvalue weighted by Crippen LogP contribution is 2.19. The van der Waals surface area contributed by atoms with Gasteiger partial charge in [-0.1, -0.05) is 49.3 Å². The number of rotatable bonds is 7. The number of imidazole rings is 1. The molecule has 0 aliphatic rings. The van der Waals surface area contributed by atoms with Crippen LogP contribution in [0.5, 0.6) is 0 Å². The first-order valence-corrected chi connectivity index (χ1v) is 11.2. The molecule has 0 unspecified atom stereocenters. The van der Waals surface area contributed by atoms with Crippen LogP contribution in [0.2, 0.25) is 0 Å². The fraction of sp³-hybridized carbons (Fsp3) is 0.208. The highest BCUT2D eigenvalue weighted by molar-refractivity contribution is 6.10. The molecule has 1 aromatic carbocycles. The minimum absolute atomic E-state index is 0.0242. The van der Waals surface area contributed by atoms with Crippen molar-refractivity contribution in [2.45, 2.75) is 26.3 Å². The average Bonchev–Trinajstić information content (AvgIpc) is 3.61. The summed E-state index contributed by atoms with van der Waals surface area (Å²) in [4.78, 5) is 39.1. The topological polar surface area (TPSA) is 145 Å². The van der Waals surface area contributed by atoms with Crippen molar-refractivity contribution >= 4 is 23.4 Å². The van der Waals surface area contributed by atoms with E-state index in [0.717, 1.165) is 11.3 Å². The van der Waals surface area contributed by atoms with Crippen LogP contribution in [0.3, 0.4) is 0 Å². The second kappa shape index (κ2) is 9.41. The van der Waals surface area contributed by atoms with Crippen molar-refractivity contribution in [3.05, 3.63) is 78.0 Å². The summed E-state index contributed by atoms with van der Waals surface area (Å²) in [7, 11) is 1.58. The lowest BCUT2D eigenvalue weighted by atomic mass is 10.2. The summed E-state index contributed by atoms with van der Waals surface area (Å²) in [6.07, 6.45) is 4.94. The van der Waals surface area contributed by atoms with Gasteiger partial charge in [-0.3, -0.25) is 18.7 Å². The minimum atomic E-state index is -0.535. The Morgan fingerprint density at radius 1 is 1.06 bits per heavy atom. The first kappa shape index (κ1) is 22.9. The van der Waals surface area contributed by atoms with Crippen molar-refractivity contribution in [2.24, 2.45) is 7.05 Å². The summed E-state index contributed by atoms with van der Waals surface area (Å²) >= 11 is 0. The molecule has 0 fully saturated rings. The van der Waals surface area contributed by atoms with Crippen LogP contribution in [-0.4, -0.2) is 46.1 Å². The van der Waals surface area contributed by atoms with E-state index in [1.54, 1.807) is 23.7 Å². The third-order valence-corrected chi connectivity index (χ3v) is 5.44. The van der Waals surface area contributed by atoms with E-state index in [9.17, 15) is 9.59 Å². The summed E-state index contributed by atoms with van der Waals surface area (Å²) < 4.78 is 8.24. The molecule has 0 aliphatic heterocycles. The van der Waals surface area contributed by atoms with Gasteiger partial charge in [-0.25, -0.2) is 4.98 Å². The summed E-state index contributed by atoms with van der Waals surface area (Å²) in [5.74, 6) is 0.611. The molecule has 0 radical (unpaired) electrons. The summed E-state index contributed by atoms with van der Waals surface area (Å²) in [5.41, 5.74) is 1.90. The number of aryl methyl sites for hydroxylation is 1. The van der Waals surface area contributed by atoms with Gasteiger partial charge >= 0.3 is 0 Å². The van der Waals surface area contributed by atoms with Crippen LogP contribution >= 0.6 is 0 Å². The van der Waals surface area contributed by atoms with Gasteiger partial charge in [-0.15, -0.1) is 0 Å². The van der Waals surface area contributed by atoms with Gasteiger partial charge in [0.05, 0.1) is 24.0 Å². The molecule has 12 heteroatoms. The molecule has 0 aliphatic carbocycles. The molecule has 0 saturated heterocycles. The van der Waals surface area contributed by atoms with E-state index >= 15 is 0 Å². The number of fused-ring (bicyclic) bond motifs is 1. The number of hydrogen-bond acceptors (Lipinski definition) is 8. The van der Waals surface area contributed by atoms with Crippen LogP contribution in [-0.2, 0) is 13.6 Å². The third-order valence-electron chi connectivity index (χ3n) is 5.44. The molecule has 0 saturated carbocycles. The van der Waals surface area contributed by atoms with E-state index in [-0.39, 0.29) is 35.4 Å². The van der Waals surface area contributed by atoms with Crippen LogP contribution in [0.25, 0.3) is 17.0 Å². The first-order chi connectivity index (χ1) is 17.4. The Balaban J connectivity index is 1.31. The van der Waals surface area contributed by atoms with Gasteiger partial charge in [0, 0.05) is 30.9 Å². The van der Waals surface area contributed by atoms with Gasteiger partial charge in [-0.05, 0) is 6.07 Å². The van der Waals surface area contributed by atoms with E-state index in [2.05, 4.69) is 35.8 Å². The molecule has 5 rings (SSSR count). The molecular formula is C24H23N9O3. The predicted octanol–water partition coefficient (Wildman–Crippen LogP) is 2.82. The lowest BCUT2D eigenvalue weighted by molar-refractivity contribution is 0.0932. The van der Waals surface area contributed by atoms with E-state index in [0.29, 0.717) is 11.6 Å². The number of aromatic nitrogens is 7. The number of carbonyl (C=O) groups excluding carboxylic acids is 2. The second-order valence-electron chi connectivity index (χ2n) is 8.38. The van der Waals surface area contributed by atoms with Crippen molar-refractivity contribution < 1.29 is 14.1 Å². The number of nitrogens with one attached hydrogen (secondary N) is 2. The molecule has 5 aromatic rings. The highest BCUT2D eigenvalue weighted by Gasteiger charge is 2.23. The number of hydrogen-bond donors (Lipinski definition) is 2. The molecule has 0 spiro atoms. The maximum absolute atomic E-state index is 13.1. The number of anilines is 1. The Labute approximate surface area is 205 Å². The molecule has 12 nitrogen and oxygen atoms in total. The molecule has 182 valence electrons. The molecule has 0 bridgehead atoms. The van der Waals surface area contributed by atoms with Crippen molar-refractivity contribution in [1.82, 2.24) is 39.6 Å². The molecule has 36 heavy (non-hydrogen) atoms. The Kier molecular flexibility index (Phi) is 5.98.